The van der Waals surface area contributed by atoms with Crippen LogP contribution in [-0.2, 0) is 4.43 Å². The highest BCUT2D eigenvalue weighted by molar-refractivity contribution is 6.99. The highest BCUT2D eigenvalue weighted by atomic mass is 28.4. The van der Waals surface area contributed by atoms with E-state index < -0.39 is 8.32 Å². The van der Waals surface area contributed by atoms with E-state index in [1.807, 2.05) is 0 Å². The van der Waals surface area contributed by atoms with Crippen LogP contribution in [0.15, 0.2) is 60.7 Å². The molecule has 0 unspecified atom stereocenters. The summed E-state index contributed by atoms with van der Waals surface area (Å²) >= 11 is 0. The van der Waals surface area contributed by atoms with Crippen LogP contribution >= 0.6 is 0 Å². The van der Waals surface area contributed by atoms with Crippen molar-refractivity contribution in [2.24, 2.45) is 11.8 Å². The number of hydrogen-bond acceptors (Lipinski definition) is 2. The fraction of sp³-hybridized carbons (Fsp3) is 0.520. The monoisotopic (exact) mass is 398 g/mol. The summed E-state index contributed by atoms with van der Waals surface area (Å²) in [6.45, 7) is 12.4. The molecule has 2 nitrogen and oxygen atoms in total. The van der Waals surface area contributed by atoms with Crippen LogP contribution in [0.5, 0.6) is 0 Å². The van der Waals surface area contributed by atoms with Crippen molar-refractivity contribution in [3.63, 3.8) is 0 Å². The van der Waals surface area contributed by atoms with Gasteiger partial charge in [0.15, 0.2) is 0 Å². The van der Waals surface area contributed by atoms with E-state index in [1.165, 1.54) is 10.4 Å². The van der Waals surface area contributed by atoms with E-state index in [1.54, 1.807) is 0 Å². The van der Waals surface area contributed by atoms with E-state index in [9.17, 15) is 5.11 Å². The lowest BCUT2D eigenvalue weighted by Gasteiger charge is -2.43. The van der Waals surface area contributed by atoms with Gasteiger partial charge >= 0.3 is 0 Å². The Kier molecular flexibility index (Phi) is 8.48. The quantitative estimate of drug-likeness (QED) is 0.571. The topological polar surface area (TPSA) is 29.5 Å². The van der Waals surface area contributed by atoms with Gasteiger partial charge in [0.1, 0.15) is 0 Å². The molecule has 0 heterocycles. The molecule has 1 N–H and O–H groups in total. The van der Waals surface area contributed by atoms with Gasteiger partial charge in [-0.2, -0.15) is 0 Å². The summed E-state index contributed by atoms with van der Waals surface area (Å²) in [4.78, 5) is 0. The highest BCUT2D eigenvalue weighted by Gasteiger charge is 2.50. The van der Waals surface area contributed by atoms with Gasteiger partial charge < -0.3 is 9.53 Å². The Labute approximate surface area is 173 Å². The standard InChI is InChI=1S/C25H38O2Si/c1-21(19-26)13-12-14-22(2)20-27-28(25(3,4)5,23-15-8-6-9-16-23)24-17-10-7-11-18-24/h6-11,15-18,21-22,26H,12-14,19-20H2,1-5H3/t21-,22+/m0/s1. The van der Waals surface area contributed by atoms with Crippen LogP contribution < -0.4 is 10.4 Å². The number of rotatable bonds is 10. The summed E-state index contributed by atoms with van der Waals surface area (Å²) in [5.41, 5.74) is 0. The Hall–Kier alpha value is -1.42. The van der Waals surface area contributed by atoms with Crippen molar-refractivity contribution in [2.75, 3.05) is 13.2 Å². The number of benzene rings is 2. The Morgan fingerprint density at radius 1 is 0.821 bits per heavy atom. The molecule has 0 spiro atoms. The predicted octanol–water partition coefficient (Wildman–Crippen LogP) is 5.00. The largest absolute Gasteiger partial charge is 0.407 e. The van der Waals surface area contributed by atoms with Gasteiger partial charge in [-0.15, -0.1) is 0 Å². The molecule has 28 heavy (non-hydrogen) atoms. The zero-order chi connectivity index (χ0) is 20.6. The molecule has 0 fully saturated rings. The maximum Gasteiger partial charge on any atom is 0.261 e. The van der Waals surface area contributed by atoms with E-state index in [2.05, 4.69) is 95.3 Å². The van der Waals surface area contributed by atoms with E-state index >= 15 is 0 Å². The number of hydrogen-bond donors (Lipinski definition) is 1. The second-order valence-corrected chi connectivity index (χ2v) is 13.6. The summed E-state index contributed by atoms with van der Waals surface area (Å²) in [6.07, 6.45) is 3.37. The summed E-state index contributed by atoms with van der Waals surface area (Å²) < 4.78 is 7.00. The first-order valence-electron chi connectivity index (χ1n) is 10.7. The molecule has 154 valence electrons. The van der Waals surface area contributed by atoms with E-state index in [-0.39, 0.29) is 11.6 Å². The van der Waals surface area contributed by atoms with Crippen molar-refractivity contribution in [3.8, 4) is 0 Å². The fourth-order valence-corrected chi connectivity index (χ4v) is 8.71. The van der Waals surface area contributed by atoms with Gasteiger partial charge in [0.25, 0.3) is 8.32 Å². The molecule has 2 atom stereocenters. The van der Waals surface area contributed by atoms with Crippen LogP contribution in [-0.4, -0.2) is 26.6 Å². The molecule has 0 saturated carbocycles. The van der Waals surface area contributed by atoms with Gasteiger partial charge in [-0.3, -0.25) is 0 Å². The SMILES string of the molecule is C[C@H](CO)CCC[C@@H](C)CO[Si](c1ccccc1)(c1ccccc1)C(C)(C)C. The molecular weight excluding hydrogens is 360 g/mol. The Morgan fingerprint density at radius 3 is 1.71 bits per heavy atom. The molecule has 2 aromatic carbocycles. The average molecular weight is 399 g/mol. The molecule has 0 bridgehead atoms. The van der Waals surface area contributed by atoms with E-state index in [0.29, 0.717) is 11.8 Å². The van der Waals surface area contributed by atoms with Crippen LogP contribution in [0.2, 0.25) is 5.04 Å². The Bertz CT molecular complexity index is 639. The van der Waals surface area contributed by atoms with Crippen molar-refractivity contribution in [1.82, 2.24) is 0 Å². The molecular formula is C25H38O2Si. The summed E-state index contributed by atoms with van der Waals surface area (Å²) in [6, 6.07) is 21.7. The second-order valence-electron chi connectivity index (χ2n) is 9.30. The average Bonchev–Trinajstić information content (AvgIpc) is 2.69. The second kappa shape index (κ2) is 10.4. The van der Waals surface area contributed by atoms with Crippen molar-refractivity contribution in [2.45, 2.75) is 58.9 Å². The van der Waals surface area contributed by atoms with Crippen LogP contribution in [0, 0.1) is 11.8 Å². The maximum absolute atomic E-state index is 9.23. The van der Waals surface area contributed by atoms with Crippen LogP contribution in [0.3, 0.4) is 0 Å². The molecule has 2 aromatic rings. The minimum absolute atomic E-state index is 0.0286. The van der Waals surface area contributed by atoms with Crippen molar-refractivity contribution in [3.05, 3.63) is 60.7 Å². The maximum atomic E-state index is 9.23. The molecule has 2 rings (SSSR count). The highest BCUT2D eigenvalue weighted by Crippen LogP contribution is 2.37. The van der Waals surface area contributed by atoms with Crippen molar-refractivity contribution in [1.29, 1.82) is 0 Å². The van der Waals surface area contributed by atoms with E-state index in [4.69, 9.17) is 4.43 Å². The predicted molar refractivity (Wildman–Crippen MR) is 123 cm³/mol. The molecule has 0 aliphatic carbocycles. The minimum atomic E-state index is -2.42. The lowest BCUT2D eigenvalue weighted by molar-refractivity contribution is 0.213. The Morgan fingerprint density at radius 2 is 1.29 bits per heavy atom. The van der Waals surface area contributed by atoms with Crippen molar-refractivity contribution >= 4 is 18.7 Å². The fourth-order valence-electron chi connectivity index (χ4n) is 4.02. The van der Waals surface area contributed by atoms with Gasteiger partial charge in [-0.25, -0.2) is 0 Å². The summed E-state index contributed by atoms with van der Waals surface area (Å²) in [5, 5.41) is 11.9. The first-order chi connectivity index (χ1) is 13.3. The zero-order valence-electron chi connectivity index (χ0n) is 18.3. The number of aliphatic hydroxyl groups excluding tert-OH is 1. The first-order valence-corrected chi connectivity index (χ1v) is 12.6. The van der Waals surface area contributed by atoms with Crippen LogP contribution in [0.4, 0.5) is 0 Å². The van der Waals surface area contributed by atoms with Gasteiger partial charge in [-0.1, -0.05) is 102 Å². The van der Waals surface area contributed by atoms with E-state index in [0.717, 1.165) is 25.9 Å². The normalized spacial score (nSPS) is 14.6. The molecule has 3 heteroatoms. The third-order valence-corrected chi connectivity index (χ3v) is 10.7. The minimum Gasteiger partial charge on any atom is -0.407 e. The molecule has 0 amide bonds. The smallest absolute Gasteiger partial charge is 0.261 e. The van der Waals surface area contributed by atoms with Gasteiger partial charge in [0, 0.05) is 13.2 Å². The molecule has 0 radical (unpaired) electrons. The summed E-state index contributed by atoms with van der Waals surface area (Å²) in [7, 11) is -2.42. The Balaban J connectivity index is 2.27. The molecule has 0 saturated heterocycles. The van der Waals surface area contributed by atoms with Crippen molar-refractivity contribution < 1.29 is 9.53 Å². The van der Waals surface area contributed by atoms with Crippen LogP contribution in [0.1, 0.15) is 53.9 Å². The number of aliphatic hydroxyl groups is 1. The van der Waals surface area contributed by atoms with Gasteiger partial charge in [-0.05, 0) is 40.1 Å². The molecule has 0 aliphatic heterocycles. The first kappa shape index (κ1) is 22.9. The molecule has 0 aromatic heterocycles. The lowest BCUT2D eigenvalue weighted by atomic mass is 10.00. The van der Waals surface area contributed by atoms with Gasteiger partial charge in [0.05, 0.1) is 0 Å². The zero-order valence-corrected chi connectivity index (χ0v) is 19.3. The summed E-state index contributed by atoms with van der Waals surface area (Å²) in [5.74, 6) is 0.900. The lowest BCUT2D eigenvalue weighted by Crippen LogP contribution is -2.66. The third kappa shape index (κ3) is 5.56. The van der Waals surface area contributed by atoms with Crippen LogP contribution in [0.25, 0.3) is 0 Å². The molecule has 0 aliphatic rings. The third-order valence-electron chi connectivity index (χ3n) is 5.71. The van der Waals surface area contributed by atoms with Gasteiger partial charge in [0.2, 0.25) is 0 Å².